The fraction of sp³-hybridized carbons (Fsp3) is 0.794. The van der Waals surface area contributed by atoms with Crippen LogP contribution in [-0.2, 0) is 55.8 Å². The Labute approximate surface area is 490 Å². The number of phosphoric ester groups is 2. The van der Waals surface area contributed by atoms with Crippen molar-refractivity contribution in [2.75, 3.05) is 39.6 Å². The number of allylic oxidation sites excluding steroid dienone is 10. The zero-order chi connectivity index (χ0) is 59.6. The molecule has 0 amide bonds. The summed E-state index contributed by atoms with van der Waals surface area (Å²) in [7, 11) is -9.77. The maximum atomic E-state index is 12.9. The van der Waals surface area contributed by atoms with Crippen LogP contribution in [0.25, 0.3) is 0 Å². The number of carbonyl (C=O) groups is 3. The zero-order valence-electron chi connectivity index (χ0n) is 50.7. The first-order valence-electron chi connectivity index (χ1n) is 31.6. The lowest BCUT2D eigenvalue weighted by atomic mass is 10.0. The average molecular weight is 1190 g/mol. The van der Waals surface area contributed by atoms with Crippen LogP contribution < -0.4 is 0 Å². The van der Waals surface area contributed by atoms with E-state index in [1.807, 2.05) is 12.2 Å². The summed E-state index contributed by atoms with van der Waals surface area (Å²) in [4.78, 5) is 58.1. The van der Waals surface area contributed by atoms with Crippen molar-refractivity contribution in [3.63, 3.8) is 0 Å². The van der Waals surface area contributed by atoms with Crippen molar-refractivity contribution in [1.29, 1.82) is 0 Å². The van der Waals surface area contributed by atoms with Crippen LogP contribution in [-0.4, -0.2) is 95.9 Å². The van der Waals surface area contributed by atoms with E-state index in [-0.39, 0.29) is 19.3 Å². The Hall–Kier alpha value is -2.75. The second-order valence-corrected chi connectivity index (χ2v) is 24.1. The van der Waals surface area contributed by atoms with E-state index < -0.39 is 91.5 Å². The molecule has 0 aliphatic heterocycles. The van der Waals surface area contributed by atoms with Gasteiger partial charge in [0.2, 0.25) is 0 Å². The molecule has 0 saturated heterocycles. The first-order valence-corrected chi connectivity index (χ1v) is 34.6. The van der Waals surface area contributed by atoms with Crippen LogP contribution in [0.2, 0.25) is 0 Å². The second kappa shape index (κ2) is 57.7. The summed E-state index contributed by atoms with van der Waals surface area (Å²) in [6, 6.07) is 0. The number of aliphatic hydroxyl groups is 2. The van der Waals surface area contributed by atoms with Gasteiger partial charge in [0.25, 0.3) is 0 Å². The fourth-order valence-electron chi connectivity index (χ4n) is 8.43. The Bertz CT molecular complexity index is 1730. The number of esters is 3. The van der Waals surface area contributed by atoms with Crippen molar-refractivity contribution >= 4 is 33.6 Å². The molecule has 472 valence electrons. The molecule has 0 saturated carbocycles. The summed E-state index contributed by atoms with van der Waals surface area (Å²) in [5, 5.41) is 20.5. The van der Waals surface area contributed by atoms with Crippen LogP contribution in [0.5, 0.6) is 0 Å². The van der Waals surface area contributed by atoms with Crippen molar-refractivity contribution in [2.24, 2.45) is 0 Å². The van der Waals surface area contributed by atoms with Crippen molar-refractivity contribution in [2.45, 2.75) is 283 Å². The highest BCUT2D eigenvalue weighted by Crippen LogP contribution is 2.45. The van der Waals surface area contributed by atoms with Crippen LogP contribution in [0.15, 0.2) is 60.8 Å². The lowest BCUT2D eigenvalue weighted by molar-refractivity contribution is -0.161. The minimum Gasteiger partial charge on any atom is -0.463 e. The largest absolute Gasteiger partial charge is 0.472 e. The number of aliphatic hydroxyl groups excluding tert-OH is 2. The molecule has 81 heavy (non-hydrogen) atoms. The summed E-state index contributed by atoms with van der Waals surface area (Å²) < 4.78 is 60.7. The molecule has 5 unspecified atom stereocenters. The molecule has 0 bridgehead atoms. The maximum Gasteiger partial charge on any atom is 0.472 e. The third kappa shape index (κ3) is 58.8. The Balaban J connectivity index is 4.69. The van der Waals surface area contributed by atoms with Crippen LogP contribution >= 0.6 is 15.6 Å². The Morgan fingerprint density at radius 2 is 0.654 bits per heavy atom. The van der Waals surface area contributed by atoms with Gasteiger partial charge in [-0.3, -0.25) is 32.5 Å². The van der Waals surface area contributed by atoms with Gasteiger partial charge in [-0.15, -0.1) is 0 Å². The molecule has 0 aromatic heterocycles. The van der Waals surface area contributed by atoms with E-state index in [0.29, 0.717) is 25.7 Å². The van der Waals surface area contributed by atoms with Gasteiger partial charge in [0.15, 0.2) is 6.10 Å². The summed E-state index contributed by atoms with van der Waals surface area (Å²) in [5.74, 6) is -1.62. The van der Waals surface area contributed by atoms with Crippen LogP contribution in [0.4, 0.5) is 0 Å². The topological polar surface area (TPSA) is 231 Å². The van der Waals surface area contributed by atoms with E-state index in [1.165, 1.54) is 122 Å². The molecule has 0 spiro atoms. The normalized spacial score (nSPS) is 14.8. The quantitative estimate of drug-likeness (QED) is 0.0146. The minimum absolute atomic E-state index is 0.109. The van der Waals surface area contributed by atoms with Gasteiger partial charge in [0.1, 0.15) is 25.4 Å². The molecule has 0 fully saturated rings. The number of rotatable bonds is 60. The van der Waals surface area contributed by atoms with E-state index in [2.05, 4.69) is 69.4 Å². The first-order chi connectivity index (χ1) is 39.2. The van der Waals surface area contributed by atoms with Gasteiger partial charge >= 0.3 is 33.6 Å². The Morgan fingerprint density at radius 3 is 1.04 bits per heavy atom. The van der Waals surface area contributed by atoms with E-state index in [4.69, 9.17) is 32.3 Å². The predicted octanol–water partition coefficient (Wildman–Crippen LogP) is 16.6. The summed E-state index contributed by atoms with van der Waals surface area (Å²) in [6.07, 6.45) is 55.8. The average Bonchev–Trinajstić information content (AvgIpc) is 3.44. The fourth-order valence-corrected chi connectivity index (χ4v) is 10.0. The Kier molecular flexibility index (Phi) is 55.7. The predicted molar refractivity (Wildman–Crippen MR) is 325 cm³/mol. The lowest BCUT2D eigenvalue weighted by Gasteiger charge is -2.21. The SMILES string of the molecule is CC/C=C\C/C=C\C/C=C\C/C=C\C/C=C\CCCC(=O)OCC(O)COP(=O)(O)OCC(O)COP(=O)(O)OCC(COC(=O)CCCCCCCCCCCCCCCCC)OC(=O)CCCCCCCCCCCCCCC. The highest BCUT2D eigenvalue weighted by molar-refractivity contribution is 7.47. The van der Waals surface area contributed by atoms with Crippen molar-refractivity contribution in [3.05, 3.63) is 60.8 Å². The minimum atomic E-state index is -4.91. The molecule has 0 aliphatic carbocycles. The Morgan fingerprint density at radius 1 is 0.358 bits per heavy atom. The molecule has 0 rings (SSSR count). The van der Waals surface area contributed by atoms with Gasteiger partial charge in [-0.25, -0.2) is 9.13 Å². The molecule has 0 aromatic carbocycles. The monoisotopic (exact) mass is 1190 g/mol. The molecular weight excluding hydrogens is 1070 g/mol. The van der Waals surface area contributed by atoms with Crippen molar-refractivity contribution < 1.29 is 75.8 Å². The van der Waals surface area contributed by atoms with E-state index >= 15 is 0 Å². The number of hydrogen-bond donors (Lipinski definition) is 4. The molecule has 5 atom stereocenters. The summed E-state index contributed by atoms with van der Waals surface area (Å²) in [6.45, 7) is 2.50. The highest BCUT2D eigenvalue weighted by Gasteiger charge is 2.29. The molecule has 0 radical (unpaired) electrons. The van der Waals surface area contributed by atoms with Crippen molar-refractivity contribution in [3.8, 4) is 0 Å². The summed E-state index contributed by atoms with van der Waals surface area (Å²) >= 11 is 0. The molecule has 4 N–H and O–H groups in total. The maximum absolute atomic E-state index is 12.9. The van der Waals surface area contributed by atoms with Gasteiger partial charge in [0, 0.05) is 19.3 Å². The van der Waals surface area contributed by atoms with Crippen LogP contribution in [0.3, 0.4) is 0 Å². The third-order valence-electron chi connectivity index (χ3n) is 13.3. The molecular formula is C63H114O16P2. The van der Waals surface area contributed by atoms with E-state index in [1.54, 1.807) is 0 Å². The molecule has 0 heterocycles. The molecule has 0 aliphatic rings. The molecule has 18 heteroatoms. The van der Waals surface area contributed by atoms with E-state index in [9.17, 15) is 43.5 Å². The van der Waals surface area contributed by atoms with Gasteiger partial charge < -0.3 is 34.2 Å². The van der Waals surface area contributed by atoms with Gasteiger partial charge in [-0.1, -0.05) is 248 Å². The standard InChI is InChI=1S/C63H114O16P2/c1-4-7-10-13-16-19-22-25-27-28-30-33-34-37-40-43-46-49-61(66)73-52-58(64)53-75-80(69,70)76-54-59(65)55-77-81(71,72)78-57-60(79-63(68)51-48-45-42-39-36-31-24-21-18-15-12-9-6-3)56-74-62(67)50-47-44-41-38-35-32-29-26-23-20-17-14-11-8-5-2/h7,10,16,19,25,27,30,33,37,40,58-60,64-65H,4-6,8-9,11-15,17-18,20-24,26,28-29,31-32,34-36,38-39,41-57H2,1-3H3,(H,69,70)(H,71,72)/b10-7-,19-16-,27-25-,33-30-,40-37-. The highest BCUT2D eigenvalue weighted by atomic mass is 31.2. The van der Waals surface area contributed by atoms with Crippen LogP contribution in [0, 0.1) is 0 Å². The number of phosphoric acid groups is 2. The van der Waals surface area contributed by atoms with E-state index in [0.717, 1.165) is 77.0 Å². The van der Waals surface area contributed by atoms with Gasteiger partial charge in [-0.2, -0.15) is 0 Å². The zero-order valence-corrected chi connectivity index (χ0v) is 52.5. The first kappa shape index (κ1) is 78.2. The number of hydrogen-bond acceptors (Lipinski definition) is 14. The second-order valence-electron chi connectivity index (χ2n) is 21.2. The van der Waals surface area contributed by atoms with Crippen LogP contribution in [0.1, 0.15) is 265 Å². The molecule has 16 nitrogen and oxygen atoms in total. The third-order valence-corrected chi connectivity index (χ3v) is 15.2. The van der Waals surface area contributed by atoms with Crippen molar-refractivity contribution in [1.82, 2.24) is 0 Å². The van der Waals surface area contributed by atoms with Gasteiger partial charge in [-0.05, 0) is 57.8 Å². The number of ether oxygens (including phenoxy) is 3. The van der Waals surface area contributed by atoms with Gasteiger partial charge in [0.05, 0.1) is 26.4 Å². The summed E-state index contributed by atoms with van der Waals surface area (Å²) in [5.41, 5.74) is 0. The number of unbranched alkanes of at least 4 members (excludes halogenated alkanes) is 27. The number of carbonyl (C=O) groups excluding carboxylic acids is 3. The smallest absolute Gasteiger partial charge is 0.463 e. The molecule has 0 aromatic rings. The lowest BCUT2D eigenvalue weighted by Crippen LogP contribution is -2.30.